The zero-order chi connectivity index (χ0) is 12.8. The molecule has 0 aromatic heterocycles. The quantitative estimate of drug-likeness (QED) is 0.770. The third kappa shape index (κ3) is 4.97. The highest BCUT2D eigenvalue weighted by atomic mass is 16.5. The van der Waals surface area contributed by atoms with Gasteiger partial charge in [0.25, 0.3) is 0 Å². The number of hydrogen-bond acceptors (Lipinski definition) is 2. The maximum Gasteiger partial charge on any atom is 0.0519 e. The summed E-state index contributed by atoms with van der Waals surface area (Å²) < 4.78 is 5.86. The summed E-state index contributed by atoms with van der Waals surface area (Å²) in [6.45, 7) is 11.1. The Bertz CT molecular complexity index is 203. The van der Waals surface area contributed by atoms with Crippen LogP contribution in [0.4, 0.5) is 0 Å². The predicted octanol–water partition coefficient (Wildman–Crippen LogP) is 3.32. The molecule has 0 bridgehead atoms. The molecule has 102 valence electrons. The second kappa shape index (κ2) is 7.38. The minimum Gasteiger partial charge on any atom is -0.378 e. The number of hydrogen-bond donors (Lipinski definition) is 1. The van der Waals surface area contributed by atoms with E-state index in [-0.39, 0.29) is 0 Å². The van der Waals surface area contributed by atoms with Gasteiger partial charge in [-0.25, -0.2) is 0 Å². The van der Waals surface area contributed by atoms with E-state index in [9.17, 15) is 0 Å². The molecule has 0 aliphatic heterocycles. The van der Waals surface area contributed by atoms with Gasteiger partial charge in [0, 0.05) is 0 Å². The third-order valence-corrected chi connectivity index (χ3v) is 4.23. The summed E-state index contributed by atoms with van der Waals surface area (Å²) in [7, 11) is 2.06. The fraction of sp³-hybridized carbons (Fsp3) is 1.00. The lowest BCUT2D eigenvalue weighted by Gasteiger charge is -2.38. The van der Waals surface area contributed by atoms with Gasteiger partial charge >= 0.3 is 0 Å². The van der Waals surface area contributed by atoms with Gasteiger partial charge in [0.1, 0.15) is 0 Å². The second-order valence-corrected chi connectivity index (χ2v) is 6.28. The molecule has 1 aliphatic carbocycles. The topological polar surface area (TPSA) is 21.3 Å². The zero-order valence-corrected chi connectivity index (χ0v) is 12.3. The summed E-state index contributed by atoms with van der Waals surface area (Å²) in [5.74, 6) is 3.30. The maximum atomic E-state index is 5.86. The second-order valence-electron chi connectivity index (χ2n) is 6.28. The number of nitrogens with one attached hydrogen (secondary N) is 1. The Morgan fingerprint density at radius 1 is 1.12 bits per heavy atom. The van der Waals surface area contributed by atoms with Gasteiger partial charge < -0.3 is 10.1 Å². The summed E-state index contributed by atoms with van der Waals surface area (Å²) in [5, 5.41) is 3.34. The first-order valence-electron chi connectivity index (χ1n) is 7.30. The number of ether oxygens (including phenoxy) is 1. The van der Waals surface area contributed by atoms with Crippen molar-refractivity contribution < 1.29 is 4.74 Å². The Morgan fingerprint density at radius 2 is 1.82 bits per heavy atom. The van der Waals surface area contributed by atoms with Crippen LogP contribution in [0.25, 0.3) is 0 Å². The highest BCUT2D eigenvalue weighted by Gasteiger charge is 2.31. The molecule has 1 saturated carbocycles. The summed E-state index contributed by atoms with van der Waals surface area (Å²) in [4.78, 5) is 0. The summed E-state index contributed by atoms with van der Waals surface area (Å²) in [6, 6.07) is 0. The van der Waals surface area contributed by atoms with Gasteiger partial charge in [-0.05, 0) is 70.4 Å². The molecule has 0 amide bonds. The van der Waals surface area contributed by atoms with Crippen molar-refractivity contribution in [2.45, 2.75) is 53.1 Å². The summed E-state index contributed by atoms with van der Waals surface area (Å²) in [5.41, 5.74) is 0. The lowest BCUT2D eigenvalue weighted by Crippen LogP contribution is -2.36. The SMILES string of the molecule is CNCC1CCC(C(C)C)CC1COC(C)C. The Morgan fingerprint density at radius 3 is 2.35 bits per heavy atom. The van der Waals surface area contributed by atoms with Crippen molar-refractivity contribution >= 4 is 0 Å². The van der Waals surface area contributed by atoms with Crippen LogP contribution < -0.4 is 5.32 Å². The van der Waals surface area contributed by atoms with Gasteiger partial charge in [-0.3, -0.25) is 0 Å². The molecule has 1 aliphatic rings. The first-order valence-corrected chi connectivity index (χ1v) is 7.30. The van der Waals surface area contributed by atoms with Gasteiger partial charge in [-0.1, -0.05) is 13.8 Å². The first kappa shape index (κ1) is 15.0. The van der Waals surface area contributed by atoms with Crippen LogP contribution in [-0.2, 0) is 4.74 Å². The van der Waals surface area contributed by atoms with Crippen LogP contribution in [-0.4, -0.2) is 26.3 Å². The first-order chi connectivity index (χ1) is 8.04. The highest BCUT2D eigenvalue weighted by Crippen LogP contribution is 2.37. The van der Waals surface area contributed by atoms with Crippen LogP contribution in [0.5, 0.6) is 0 Å². The van der Waals surface area contributed by atoms with Crippen LogP contribution in [0, 0.1) is 23.7 Å². The average molecular weight is 241 g/mol. The van der Waals surface area contributed by atoms with E-state index in [2.05, 4.69) is 40.1 Å². The van der Waals surface area contributed by atoms with Crippen molar-refractivity contribution in [2.24, 2.45) is 23.7 Å². The van der Waals surface area contributed by atoms with E-state index in [1.165, 1.54) is 19.3 Å². The van der Waals surface area contributed by atoms with E-state index in [0.717, 1.165) is 36.8 Å². The Hall–Kier alpha value is -0.0800. The van der Waals surface area contributed by atoms with Crippen molar-refractivity contribution in [1.82, 2.24) is 5.32 Å². The molecular formula is C15H31NO. The fourth-order valence-corrected chi connectivity index (χ4v) is 3.02. The minimum absolute atomic E-state index is 0.365. The molecule has 0 spiro atoms. The van der Waals surface area contributed by atoms with Crippen LogP contribution in [0.15, 0.2) is 0 Å². The van der Waals surface area contributed by atoms with E-state index in [1.54, 1.807) is 0 Å². The standard InChI is InChI=1S/C15H31NO/c1-11(2)13-6-7-14(9-16-5)15(8-13)10-17-12(3)4/h11-16H,6-10H2,1-5H3. The third-order valence-electron chi connectivity index (χ3n) is 4.23. The Labute approximate surface area is 108 Å². The van der Waals surface area contributed by atoms with E-state index in [0.29, 0.717) is 6.10 Å². The molecule has 3 atom stereocenters. The molecule has 1 N–H and O–H groups in total. The molecule has 0 heterocycles. The number of rotatable bonds is 6. The molecule has 0 radical (unpaired) electrons. The molecule has 1 fully saturated rings. The van der Waals surface area contributed by atoms with Gasteiger partial charge in [0.15, 0.2) is 0 Å². The van der Waals surface area contributed by atoms with Crippen molar-refractivity contribution in [2.75, 3.05) is 20.2 Å². The van der Waals surface area contributed by atoms with Gasteiger partial charge in [-0.2, -0.15) is 0 Å². The molecule has 3 unspecified atom stereocenters. The lowest BCUT2D eigenvalue weighted by atomic mass is 9.71. The van der Waals surface area contributed by atoms with Crippen LogP contribution in [0.1, 0.15) is 47.0 Å². The van der Waals surface area contributed by atoms with Crippen molar-refractivity contribution in [3.05, 3.63) is 0 Å². The Kier molecular flexibility index (Phi) is 6.50. The van der Waals surface area contributed by atoms with Gasteiger partial charge in [0.2, 0.25) is 0 Å². The molecule has 0 aromatic rings. The van der Waals surface area contributed by atoms with E-state index >= 15 is 0 Å². The van der Waals surface area contributed by atoms with E-state index < -0.39 is 0 Å². The van der Waals surface area contributed by atoms with Crippen LogP contribution >= 0.6 is 0 Å². The normalized spacial score (nSPS) is 30.2. The minimum atomic E-state index is 0.365. The fourth-order valence-electron chi connectivity index (χ4n) is 3.02. The molecule has 2 heteroatoms. The zero-order valence-electron chi connectivity index (χ0n) is 12.3. The monoisotopic (exact) mass is 241 g/mol. The maximum absolute atomic E-state index is 5.86. The molecular weight excluding hydrogens is 210 g/mol. The molecule has 2 nitrogen and oxygen atoms in total. The van der Waals surface area contributed by atoms with Crippen molar-refractivity contribution in [3.63, 3.8) is 0 Å². The average Bonchev–Trinajstić information content (AvgIpc) is 2.27. The van der Waals surface area contributed by atoms with E-state index in [1.807, 2.05) is 0 Å². The smallest absolute Gasteiger partial charge is 0.0519 e. The van der Waals surface area contributed by atoms with Gasteiger partial charge in [0.05, 0.1) is 12.7 Å². The Balaban J connectivity index is 2.49. The van der Waals surface area contributed by atoms with Crippen LogP contribution in [0.3, 0.4) is 0 Å². The molecule has 17 heavy (non-hydrogen) atoms. The molecule has 0 saturated heterocycles. The van der Waals surface area contributed by atoms with Crippen molar-refractivity contribution in [1.29, 1.82) is 0 Å². The summed E-state index contributed by atoms with van der Waals surface area (Å²) >= 11 is 0. The van der Waals surface area contributed by atoms with Crippen LogP contribution in [0.2, 0.25) is 0 Å². The molecule has 0 aromatic carbocycles. The van der Waals surface area contributed by atoms with Gasteiger partial charge in [-0.15, -0.1) is 0 Å². The highest BCUT2D eigenvalue weighted by molar-refractivity contribution is 4.82. The lowest BCUT2D eigenvalue weighted by molar-refractivity contribution is 0.00795. The summed E-state index contributed by atoms with van der Waals surface area (Å²) in [6.07, 6.45) is 4.50. The van der Waals surface area contributed by atoms with Crippen molar-refractivity contribution in [3.8, 4) is 0 Å². The predicted molar refractivity (Wildman–Crippen MR) is 74.2 cm³/mol. The largest absolute Gasteiger partial charge is 0.378 e. The van der Waals surface area contributed by atoms with E-state index in [4.69, 9.17) is 4.74 Å². The molecule has 1 rings (SSSR count).